The quantitative estimate of drug-likeness (QED) is 0.877. The Labute approximate surface area is 137 Å². The lowest BCUT2D eigenvalue weighted by molar-refractivity contribution is -0.123. The van der Waals surface area contributed by atoms with E-state index in [1.165, 1.54) is 0 Å². The largest absolute Gasteiger partial charge is 0.378 e. The van der Waals surface area contributed by atoms with Crippen LogP contribution in [0.5, 0.6) is 0 Å². The highest BCUT2D eigenvalue weighted by atomic mass is 16.5. The Morgan fingerprint density at radius 1 is 1.26 bits per heavy atom. The molecule has 0 aliphatic carbocycles. The van der Waals surface area contributed by atoms with Crippen LogP contribution in [-0.4, -0.2) is 31.1 Å². The van der Waals surface area contributed by atoms with Crippen LogP contribution in [0.2, 0.25) is 0 Å². The van der Waals surface area contributed by atoms with Gasteiger partial charge >= 0.3 is 0 Å². The van der Waals surface area contributed by atoms with Crippen LogP contribution in [0.15, 0.2) is 24.3 Å². The third kappa shape index (κ3) is 5.06. The lowest BCUT2D eigenvalue weighted by Gasteiger charge is -2.19. The number of carbonyl (C=O) groups excluding carboxylic acids is 2. The van der Waals surface area contributed by atoms with Crippen molar-refractivity contribution in [2.45, 2.75) is 46.1 Å². The molecule has 1 atom stereocenters. The number of anilines is 1. The molecule has 0 saturated carbocycles. The van der Waals surface area contributed by atoms with Gasteiger partial charge in [-0.2, -0.15) is 0 Å². The molecule has 2 N–H and O–H groups in total. The standard InChI is InChI=1S/C18H26N2O3/c1-18(2,3)17(22)20-15-9-5-4-8-14(15)16(21)19-11-10-13-7-6-12-23-13/h4-5,8-9,13H,6-7,10-12H2,1-3H3,(H,19,21)(H,20,22)/t13-/m1/s1. The highest BCUT2D eigenvalue weighted by Crippen LogP contribution is 2.20. The number of para-hydroxylation sites is 1. The molecule has 1 saturated heterocycles. The minimum absolute atomic E-state index is 0.114. The van der Waals surface area contributed by atoms with Crippen LogP contribution >= 0.6 is 0 Å². The number of hydrogen-bond donors (Lipinski definition) is 2. The number of benzene rings is 1. The fourth-order valence-corrected chi connectivity index (χ4v) is 2.41. The summed E-state index contributed by atoms with van der Waals surface area (Å²) in [6, 6.07) is 7.07. The first kappa shape index (κ1) is 17.5. The van der Waals surface area contributed by atoms with Gasteiger partial charge in [0.05, 0.1) is 17.4 Å². The second-order valence-corrected chi connectivity index (χ2v) is 6.93. The number of carbonyl (C=O) groups is 2. The van der Waals surface area contributed by atoms with Gasteiger partial charge in [0.2, 0.25) is 5.91 Å². The maximum atomic E-state index is 12.4. The summed E-state index contributed by atoms with van der Waals surface area (Å²) in [7, 11) is 0. The lowest BCUT2D eigenvalue weighted by atomic mass is 9.95. The SMILES string of the molecule is CC(C)(C)C(=O)Nc1ccccc1C(=O)NCC[C@H]1CCCO1. The fourth-order valence-electron chi connectivity index (χ4n) is 2.41. The number of hydrogen-bond acceptors (Lipinski definition) is 3. The van der Waals surface area contributed by atoms with E-state index in [2.05, 4.69) is 10.6 Å². The second kappa shape index (κ2) is 7.59. The minimum Gasteiger partial charge on any atom is -0.378 e. The Balaban J connectivity index is 1.95. The summed E-state index contributed by atoms with van der Waals surface area (Å²) in [5.74, 6) is -0.287. The van der Waals surface area contributed by atoms with Crippen LogP contribution in [0.1, 0.15) is 50.4 Å². The van der Waals surface area contributed by atoms with Gasteiger partial charge in [-0.3, -0.25) is 9.59 Å². The molecule has 0 unspecified atom stereocenters. The zero-order chi connectivity index (χ0) is 16.9. The Bertz CT molecular complexity index is 558. The van der Waals surface area contributed by atoms with E-state index in [9.17, 15) is 9.59 Å². The maximum Gasteiger partial charge on any atom is 0.253 e. The summed E-state index contributed by atoms with van der Waals surface area (Å²) in [5.41, 5.74) is 0.517. The van der Waals surface area contributed by atoms with E-state index in [0.717, 1.165) is 25.9 Å². The van der Waals surface area contributed by atoms with Crippen molar-refractivity contribution in [3.63, 3.8) is 0 Å². The summed E-state index contributed by atoms with van der Waals surface area (Å²) in [5, 5.41) is 5.75. The Morgan fingerprint density at radius 3 is 2.65 bits per heavy atom. The topological polar surface area (TPSA) is 67.4 Å². The molecular formula is C18H26N2O3. The molecule has 0 aromatic heterocycles. The molecule has 126 valence electrons. The monoisotopic (exact) mass is 318 g/mol. The molecule has 1 fully saturated rings. The molecule has 23 heavy (non-hydrogen) atoms. The van der Waals surface area contributed by atoms with Crippen LogP contribution in [0.3, 0.4) is 0 Å². The van der Waals surface area contributed by atoms with Gasteiger partial charge in [0.15, 0.2) is 0 Å². The van der Waals surface area contributed by atoms with Crippen molar-refractivity contribution in [3.8, 4) is 0 Å². The predicted molar refractivity (Wildman–Crippen MR) is 90.5 cm³/mol. The highest BCUT2D eigenvalue weighted by molar-refractivity contribution is 6.04. The van der Waals surface area contributed by atoms with Gasteiger partial charge in [-0.15, -0.1) is 0 Å². The summed E-state index contributed by atoms with van der Waals surface area (Å²) < 4.78 is 5.55. The third-order valence-electron chi connectivity index (χ3n) is 3.88. The minimum atomic E-state index is -0.511. The van der Waals surface area contributed by atoms with E-state index in [4.69, 9.17) is 4.74 Å². The molecule has 1 aromatic rings. The van der Waals surface area contributed by atoms with Gasteiger partial charge in [0.25, 0.3) is 5.91 Å². The van der Waals surface area contributed by atoms with E-state index < -0.39 is 5.41 Å². The molecule has 1 aromatic carbocycles. The summed E-state index contributed by atoms with van der Waals surface area (Å²) in [6.07, 6.45) is 3.24. The summed E-state index contributed by atoms with van der Waals surface area (Å²) >= 11 is 0. The molecule has 0 radical (unpaired) electrons. The van der Waals surface area contributed by atoms with E-state index in [1.54, 1.807) is 24.3 Å². The Kier molecular flexibility index (Phi) is 5.77. The summed E-state index contributed by atoms with van der Waals surface area (Å²) in [6.45, 7) is 6.91. The molecule has 2 amide bonds. The van der Waals surface area contributed by atoms with Crippen molar-refractivity contribution in [2.75, 3.05) is 18.5 Å². The average Bonchev–Trinajstić information content (AvgIpc) is 3.00. The lowest BCUT2D eigenvalue weighted by Crippen LogP contribution is -2.31. The number of nitrogens with one attached hydrogen (secondary N) is 2. The number of rotatable bonds is 5. The molecule has 5 nitrogen and oxygen atoms in total. The van der Waals surface area contributed by atoms with Crippen LogP contribution < -0.4 is 10.6 Å². The van der Waals surface area contributed by atoms with Gasteiger partial charge in [-0.05, 0) is 31.4 Å². The van der Waals surface area contributed by atoms with Crippen molar-refractivity contribution in [1.29, 1.82) is 0 Å². The Hall–Kier alpha value is -1.88. The first-order valence-electron chi connectivity index (χ1n) is 8.18. The van der Waals surface area contributed by atoms with Crippen LogP contribution in [0.25, 0.3) is 0 Å². The molecule has 0 spiro atoms. The number of ether oxygens (including phenoxy) is 1. The molecule has 2 rings (SSSR count). The van der Waals surface area contributed by atoms with Crippen LogP contribution in [0, 0.1) is 5.41 Å². The average molecular weight is 318 g/mol. The van der Waals surface area contributed by atoms with Crippen molar-refractivity contribution in [2.24, 2.45) is 5.41 Å². The van der Waals surface area contributed by atoms with E-state index in [0.29, 0.717) is 17.8 Å². The molecule has 1 aliphatic rings. The fraction of sp³-hybridized carbons (Fsp3) is 0.556. The second-order valence-electron chi connectivity index (χ2n) is 6.93. The predicted octanol–water partition coefficient (Wildman–Crippen LogP) is 2.97. The van der Waals surface area contributed by atoms with Crippen LogP contribution in [-0.2, 0) is 9.53 Å². The van der Waals surface area contributed by atoms with Crippen molar-refractivity contribution in [3.05, 3.63) is 29.8 Å². The van der Waals surface area contributed by atoms with Gasteiger partial charge in [0, 0.05) is 18.6 Å². The zero-order valence-electron chi connectivity index (χ0n) is 14.1. The normalized spacial score (nSPS) is 17.8. The number of amides is 2. The van der Waals surface area contributed by atoms with Crippen molar-refractivity contribution in [1.82, 2.24) is 5.32 Å². The molecule has 0 bridgehead atoms. The van der Waals surface area contributed by atoms with Gasteiger partial charge in [-0.25, -0.2) is 0 Å². The highest BCUT2D eigenvalue weighted by Gasteiger charge is 2.23. The molecular weight excluding hydrogens is 292 g/mol. The smallest absolute Gasteiger partial charge is 0.253 e. The Morgan fingerprint density at radius 2 is 2.00 bits per heavy atom. The zero-order valence-corrected chi connectivity index (χ0v) is 14.1. The van der Waals surface area contributed by atoms with E-state index >= 15 is 0 Å². The van der Waals surface area contributed by atoms with E-state index in [1.807, 2.05) is 20.8 Å². The molecule has 1 aliphatic heterocycles. The van der Waals surface area contributed by atoms with Gasteiger partial charge < -0.3 is 15.4 Å². The third-order valence-corrected chi connectivity index (χ3v) is 3.88. The van der Waals surface area contributed by atoms with Crippen molar-refractivity contribution >= 4 is 17.5 Å². The molecule has 1 heterocycles. The van der Waals surface area contributed by atoms with Gasteiger partial charge in [0.1, 0.15) is 0 Å². The van der Waals surface area contributed by atoms with Crippen LogP contribution in [0.4, 0.5) is 5.69 Å². The summed E-state index contributed by atoms with van der Waals surface area (Å²) in [4.78, 5) is 24.5. The first-order chi connectivity index (χ1) is 10.9. The van der Waals surface area contributed by atoms with E-state index in [-0.39, 0.29) is 17.9 Å². The van der Waals surface area contributed by atoms with Gasteiger partial charge in [-0.1, -0.05) is 32.9 Å². The first-order valence-corrected chi connectivity index (χ1v) is 8.18. The van der Waals surface area contributed by atoms with Crippen molar-refractivity contribution < 1.29 is 14.3 Å². The molecule has 5 heteroatoms. The maximum absolute atomic E-state index is 12.4.